The number of halogens is 1. The van der Waals surface area contributed by atoms with Crippen LogP contribution in [0.5, 0.6) is 0 Å². The van der Waals surface area contributed by atoms with Crippen LogP contribution in [0.25, 0.3) is 22.0 Å². The Morgan fingerprint density at radius 3 is 2.44 bits per heavy atom. The number of nitrogens with two attached hydrogens (primary N) is 3. The molecule has 0 bridgehead atoms. The van der Waals surface area contributed by atoms with E-state index in [1.807, 2.05) is 6.07 Å². The van der Waals surface area contributed by atoms with Gasteiger partial charge in [0.2, 0.25) is 5.91 Å². The van der Waals surface area contributed by atoms with Crippen LogP contribution in [0.4, 0.5) is 26.4 Å². The first-order valence-corrected chi connectivity index (χ1v) is 9.78. The number of fused-ring (bicyclic) bond motifs is 1. The van der Waals surface area contributed by atoms with Crippen molar-refractivity contribution >= 4 is 40.0 Å². The maximum atomic E-state index is 14.5. The Balaban J connectivity index is 1.80. The van der Waals surface area contributed by atoms with Crippen LogP contribution < -0.4 is 22.1 Å². The van der Waals surface area contributed by atoms with Gasteiger partial charge in [0.15, 0.2) is 5.82 Å². The van der Waals surface area contributed by atoms with E-state index in [0.29, 0.717) is 22.2 Å². The van der Waals surface area contributed by atoms with Crippen LogP contribution in [0.2, 0.25) is 0 Å². The van der Waals surface area contributed by atoms with Gasteiger partial charge in [0, 0.05) is 13.5 Å². The van der Waals surface area contributed by atoms with Gasteiger partial charge in [-0.3, -0.25) is 9.69 Å². The normalized spacial score (nSPS) is 11.0. The number of hydrogen-bond donors (Lipinski definition) is 3. The van der Waals surface area contributed by atoms with Gasteiger partial charge in [-0.1, -0.05) is 30.3 Å². The predicted octanol–water partition coefficient (Wildman–Crippen LogP) is 3.76. The van der Waals surface area contributed by atoms with Gasteiger partial charge in [-0.15, -0.1) is 5.10 Å². The highest BCUT2D eigenvalue weighted by atomic mass is 19.1. The summed E-state index contributed by atoms with van der Waals surface area (Å²) >= 11 is 0. The molecule has 6 N–H and O–H groups in total. The highest BCUT2D eigenvalue weighted by Crippen LogP contribution is 2.35. The quantitative estimate of drug-likeness (QED) is 0.451. The molecule has 0 aliphatic heterocycles. The molecule has 0 fully saturated rings. The van der Waals surface area contributed by atoms with Crippen LogP contribution in [-0.2, 0) is 6.54 Å². The molecule has 32 heavy (non-hydrogen) atoms. The zero-order valence-corrected chi connectivity index (χ0v) is 17.2. The highest BCUT2D eigenvalue weighted by Gasteiger charge is 2.20. The number of primary amides is 1. The maximum absolute atomic E-state index is 14.5. The summed E-state index contributed by atoms with van der Waals surface area (Å²) in [6, 6.07) is 15.7. The Morgan fingerprint density at radius 2 is 1.81 bits per heavy atom. The smallest absolute Gasteiger partial charge is 0.323 e. The Morgan fingerprint density at radius 1 is 1.09 bits per heavy atom. The van der Waals surface area contributed by atoms with E-state index < -0.39 is 11.8 Å². The van der Waals surface area contributed by atoms with Crippen molar-refractivity contribution in [2.75, 3.05) is 10.6 Å². The molecule has 4 aromatic rings. The van der Waals surface area contributed by atoms with Gasteiger partial charge >= 0.3 is 6.03 Å². The molecular formula is C23H21FN6O2. The minimum atomic E-state index is -0.833. The van der Waals surface area contributed by atoms with Gasteiger partial charge in [0.05, 0.1) is 22.3 Å². The van der Waals surface area contributed by atoms with Gasteiger partial charge in [-0.05, 0) is 47.0 Å². The second-order valence-corrected chi connectivity index (χ2v) is 7.23. The third-order valence-electron chi connectivity index (χ3n) is 5.18. The first kappa shape index (κ1) is 21.0. The van der Waals surface area contributed by atoms with Crippen molar-refractivity contribution in [1.29, 1.82) is 0 Å². The number of urea groups is 1. The van der Waals surface area contributed by atoms with Gasteiger partial charge in [0.1, 0.15) is 5.82 Å². The van der Waals surface area contributed by atoms with Crippen molar-refractivity contribution in [3.63, 3.8) is 0 Å². The third kappa shape index (κ3) is 3.54. The Kier molecular flexibility index (Phi) is 5.33. The van der Waals surface area contributed by atoms with E-state index in [0.717, 1.165) is 16.0 Å². The molecule has 9 heteroatoms. The molecule has 0 radical (unpaired) electrons. The highest BCUT2D eigenvalue weighted by molar-refractivity contribution is 6.05. The molecule has 3 aromatic carbocycles. The zero-order chi connectivity index (χ0) is 23.0. The maximum Gasteiger partial charge on any atom is 0.323 e. The average Bonchev–Trinajstić information content (AvgIpc) is 3.13. The fourth-order valence-electron chi connectivity index (χ4n) is 3.71. The summed E-state index contributed by atoms with van der Waals surface area (Å²) in [5.41, 5.74) is 20.5. The van der Waals surface area contributed by atoms with Crippen molar-refractivity contribution in [2.45, 2.75) is 13.5 Å². The molecule has 162 valence electrons. The van der Waals surface area contributed by atoms with Gasteiger partial charge in [-0.25, -0.2) is 9.18 Å². The summed E-state index contributed by atoms with van der Waals surface area (Å²) in [6.45, 7) is 1.60. The molecular weight excluding hydrogens is 411 g/mol. The monoisotopic (exact) mass is 432 g/mol. The molecule has 1 aromatic heterocycles. The summed E-state index contributed by atoms with van der Waals surface area (Å²) in [6.07, 6.45) is 0. The Hall–Kier alpha value is -4.24. The number of hydrogen-bond acceptors (Lipinski definition) is 5. The van der Waals surface area contributed by atoms with Crippen LogP contribution in [0.15, 0.2) is 60.7 Å². The number of nitrogens with zero attached hydrogens (tertiary/aromatic N) is 3. The number of anilines is 3. The molecule has 0 unspecified atom stereocenters. The van der Waals surface area contributed by atoms with Crippen LogP contribution in [0.1, 0.15) is 17.3 Å². The third-order valence-corrected chi connectivity index (χ3v) is 5.18. The summed E-state index contributed by atoms with van der Waals surface area (Å²) in [5.74, 6) is -0.619. The molecule has 0 spiro atoms. The Labute approximate surface area is 183 Å². The van der Waals surface area contributed by atoms with Gasteiger partial charge < -0.3 is 17.2 Å². The predicted molar refractivity (Wildman–Crippen MR) is 122 cm³/mol. The zero-order valence-electron chi connectivity index (χ0n) is 17.2. The first-order valence-electron chi connectivity index (χ1n) is 9.78. The number of carbonyl (C=O) groups is 2. The minimum absolute atomic E-state index is 0.0160. The lowest BCUT2D eigenvalue weighted by atomic mass is 10.0. The summed E-state index contributed by atoms with van der Waals surface area (Å²) < 4.78 is 15.7. The van der Waals surface area contributed by atoms with E-state index in [9.17, 15) is 14.0 Å². The molecule has 0 atom stereocenters. The van der Waals surface area contributed by atoms with Crippen molar-refractivity contribution < 1.29 is 14.0 Å². The molecule has 2 amide bonds. The van der Waals surface area contributed by atoms with Crippen LogP contribution in [-0.4, -0.2) is 21.7 Å². The van der Waals surface area contributed by atoms with Crippen molar-refractivity contribution in [2.24, 2.45) is 11.5 Å². The number of benzene rings is 3. The van der Waals surface area contributed by atoms with Crippen molar-refractivity contribution in [3.05, 3.63) is 72.0 Å². The van der Waals surface area contributed by atoms with Gasteiger partial charge in [-0.2, -0.15) is 4.68 Å². The Bertz CT molecular complexity index is 1350. The standard InChI is InChI=1S/C23H21FN6O2/c1-13(31)30-19-4-2-3-17(21(19)22(26)28-30)15-6-8-16(9-7-15)29(23(27)32)20-11-14(12-25)5-10-18(20)24/h2-11H,12,25H2,1H3,(H2,26,28)(H2,27,32). The molecule has 1 heterocycles. The van der Waals surface area contributed by atoms with Crippen LogP contribution in [0, 0.1) is 5.82 Å². The number of aromatic nitrogens is 2. The lowest BCUT2D eigenvalue weighted by molar-refractivity contribution is 0.0927. The SMILES string of the molecule is CC(=O)n1nc(N)c2c(-c3ccc(N(C(N)=O)c4cc(CN)ccc4F)cc3)cccc21. The molecule has 0 saturated heterocycles. The average molecular weight is 432 g/mol. The summed E-state index contributed by atoms with van der Waals surface area (Å²) in [7, 11) is 0. The molecule has 4 rings (SSSR count). The van der Waals surface area contributed by atoms with Crippen molar-refractivity contribution in [1.82, 2.24) is 9.78 Å². The largest absolute Gasteiger partial charge is 0.382 e. The fourth-order valence-corrected chi connectivity index (χ4v) is 3.71. The molecule has 8 nitrogen and oxygen atoms in total. The lowest BCUT2D eigenvalue weighted by Gasteiger charge is -2.22. The first-order chi connectivity index (χ1) is 15.3. The summed E-state index contributed by atoms with van der Waals surface area (Å²) in [5, 5.41) is 4.78. The van der Waals surface area contributed by atoms with Crippen LogP contribution >= 0.6 is 0 Å². The molecule has 0 aliphatic rings. The van der Waals surface area contributed by atoms with E-state index >= 15 is 0 Å². The van der Waals surface area contributed by atoms with E-state index in [-0.39, 0.29) is 24.0 Å². The second-order valence-electron chi connectivity index (χ2n) is 7.23. The van der Waals surface area contributed by atoms with E-state index in [2.05, 4.69) is 5.10 Å². The number of nitrogen functional groups attached to an aromatic ring is 1. The number of carbonyl (C=O) groups excluding carboxylic acids is 2. The minimum Gasteiger partial charge on any atom is -0.382 e. The van der Waals surface area contributed by atoms with Crippen molar-refractivity contribution in [3.8, 4) is 11.1 Å². The number of amides is 2. The summed E-state index contributed by atoms with van der Waals surface area (Å²) in [4.78, 5) is 25.1. The topological polar surface area (TPSA) is 133 Å². The van der Waals surface area contributed by atoms with E-state index in [4.69, 9.17) is 17.2 Å². The fraction of sp³-hybridized carbons (Fsp3) is 0.0870. The molecule has 0 aliphatic carbocycles. The van der Waals surface area contributed by atoms with Gasteiger partial charge in [0.25, 0.3) is 0 Å². The van der Waals surface area contributed by atoms with E-state index in [1.165, 1.54) is 23.7 Å². The van der Waals surface area contributed by atoms with E-state index in [1.54, 1.807) is 42.5 Å². The second kappa shape index (κ2) is 8.12. The van der Waals surface area contributed by atoms with Crippen LogP contribution in [0.3, 0.4) is 0 Å². The molecule has 0 saturated carbocycles. The lowest BCUT2D eigenvalue weighted by Crippen LogP contribution is -2.32. The number of rotatable bonds is 4.